The second-order valence-corrected chi connectivity index (χ2v) is 22.4. The molecule has 1 amide bonds. The largest absolute Gasteiger partial charge is 0.508 e. The quantitative estimate of drug-likeness (QED) is 0.0713. The molecule has 2 aromatic carbocycles. The number of esters is 2. The summed E-state index contributed by atoms with van der Waals surface area (Å²) in [5, 5.41) is 18.2. The molecule has 4 aliphatic carbocycles. The summed E-state index contributed by atoms with van der Waals surface area (Å²) >= 11 is 0. The number of phenols is 1. The number of allylic oxidation sites excluding steroid dienone is 1. The van der Waals surface area contributed by atoms with Crippen LogP contribution in [0.4, 0.5) is 0 Å². The molecule has 0 unspecified atom stereocenters. The highest BCUT2D eigenvalue weighted by Gasteiger charge is 2.59. The number of carbonyl (C=O) groups excluding carboxylic acids is 3. The van der Waals surface area contributed by atoms with Crippen molar-refractivity contribution in [1.82, 2.24) is 15.4 Å². The van der Waals surface area contributed by atoms with Crippen LogP contribution in [0.1, 0.15) is 154 Å². The monoisotopic (exact) mass is 950 g/mol. The minimum Gasteiger partial charge on any atom is -0.508 e. The third-order valence-electron chi connectivity index (χ3n) is 17.2. The predicted octanol–water partition coefficient (Wildman–Crippen LogP) is 11.3. The molecule has 69 heavy (non-hydrogen) atoms. The van der Waals surface area contributed by atoms with Crippen molar-refractivity contribution >= 4 is 17.8 Å². The van der Waals surface area contributed by atoms with Crippen molar-refractivity contribution in [2.75, 3.05) is 46.1 Å². The summed E-state index contributed by atoms with van der Waals surface area (Å²) in [5.41, 5.74) is 5.22. The number of rotatable bonds is 18. The Hall–Kier alpha value is -4.52. The van der Waals surface area contributed by atoms with E-state index in [1.807, 2.05) is 45.0 Å². The Morgan fingerprint density at radius 3 is 2.41 bits per heavy atom. The number of ether oxygens (including phenoxy) is 4. The van der Waals surface area contributed by atoms with E-state index in [2.05, 4.69) is 56.1 Å². The smallest absolute Gasteiger partial charge is 0.337 e. The zero-order chi connectivity index (χ0) is 49.0. The minimum atomic E-state index is -0.786. The highest BCUT2D eigenvalue weighted by molar-refractivity contribution is 6.02. The van der Waals surface area contributed by atoms with Gasteiger partial charge in [0.25, 0.3) is 5.91 Å². The second kappa shape index (κ2) is 21.9. The molecule has 4 fully saturated rings. The number of nitrogens with zero attached hydrogens (tertiary/aromatic N) is 2. The first-order valence-corrected chi connectivity index (χ1v) is 26.3. The fraction of sp³-hybridized carbons (Fsp3) is 0.649. The van der Waals surface area contributed by atoms with Crippen LogP contribution in [0.5, 0.6) is 11.5 Å². The number of aromatic nitrogens is 1. The first-order valence-electron chi connectivity index (χ1n) is 26.3. The molecule has 5 aliphatic rings. The lowest BCUT2D eigenvalue weighted by atomic mass is 9.47. The first kappa shape index (κ1) is 50.9. The zero-order valence-corrected chi connectivity index (χ0v) is 42.7. The first-order chi connectivity index (χ1) is 33.1. The number of phenolic OH excluding ortho intramolecular Hbond substituents is 1. The third-order valence-corrected chi connectivity index (χ3v) is 17.2. The lowest BCUT2D eigenvalue weighted by Gasteiger charge is -2.58. The summed E-state index contributed by atoms with van der Waals surface area (Å²) in [6.07, 6.45) is 15.4. The molecular weight excluding hydrogens is 871 g/mol. The van der Waals surface area contributed by atoms with Gasteiger partial charge in [0.1, 0.15) is 30.8 Å². The van der Waals surface area contributed by atoms with E-state index in [0.717, 1.165) is 80.5 Å². The van der Waals surface area contributed by atoms with Crippen molar-refractivity contribution in [2.24, 2.45) is 46.3 Å². The maximum atomic E-state index is 13.5. The van der Waals surface area contributed by atoms with E-state index in [-0.39, 0.29) is 40.4 Å². The molecule has 1 aromatic heterocycles. The Morgan fingerprint density at radius 2 is 1.68 bits per heavy atom. The van der Waals surface area contributed by atoms with Crippen LogP contribution in [0.15, 0.2) is 52.6 Å². The summed E-state index contributed by atoms with van der Waals surface area (Å²) in [7, 11) is 0. The van der Waals surface area contributed by atoms with E-state index in [9.17, 15) is 19.5 Å². The number of carbonyl (C=O) groups is 3. The number of hydrogen-bond donors (Lipinski definition) is 2. The summed E-state index contributed by atoms with van der Waals surface area (Å²) in [4.78, 5) is 42.4. The summed E-state index contributed by atoms with van der Waals surface area (Å²) in [6.45, 7) is 21.4. The molecule has 3 aromatic rings. The summed E-state index contributed by atoms with van der Waals surface area (Å²) < 4.78 is 28.9. The van der Waals surface area contributed by atoms with Crippen LogP contribution in [0, 0.1) is 46.3 Å². The van der Waals surface area contributed by atoms with Crippen LogP contribution in [-0.4, -0.2) is 85.2 Å². The van der Waals surface area contributed by atoms with Crippen LogP contribution in [0.25, 0.3) is 22.5 Å². The van der Waals surface area contributed by atoms with E-state index < -0.39 is 31.1 Å². The highest BCUT2D eigenvalue weighted by Crippen LogP contribution is 2.67. The van der Waals surface area contributed by atoms with Crippen molar-refractivity contribution in [2.45, 2.75) is 145 Å². The lowest BCUT2D eigenvalue weighted by molar-refractivity contribution is -0.158. The Bertz CT molecular complexity index is 2310. The van der Waals surface area contributed by atoms with E-state index in [4.69, 9.17) is 23.5 Å². The van der Waals surface area contributed by atoms with Gasteiger partial charge in [-0.15, -0.1) is 0 Å². The Morgan fingerprint density at radius 1 is 0.928 bits per heavy atom. The van der Waals surface area contributed by atoms with Crippen LogP contribution < -0.4 is 10.1 Å². The van der Waals surface area contributed by atoms with Gasteiger partial charge in [-0.1, -0.05) is 109 Å². The van der Waals surface area contributed by atoms with Gasteiger partial charge in [-0.2, -0.15) is 0 Å². The molecular formula is C57H79N3O9. The van der Waals surface area contributed by atoms with Crippen molar-refractivity contribution < 1.29 is 43.0 Å². The van der Waals surface area contributed by atoms with E-state index in [1.165, 1.54) is 56.6 Å². The molecule has 0 radical (unpaired) electrons. The SMILES string of the molecule is CCNC(=O)c1noc(-c2cc(C(C)C)c(O)cc2OC(=O)COCC(=O)O[C@H]2CC[C@@]3(C)C(=CC[C@H]4[C@@H]5CC[C@H]([C@H](C)CCCC(C)C)[C@@]5(C)CC[C@@H]43)C2)c1-c1ccc(CN2CCOCC2)cc1. The Kier molecular flexibility index (Phi) is 16.1. The van der Waals surface area contributed by atoms with E-state index in [1.54, 1.807) is 6.07 Å². The number of nitrogens with one attached hydrogen (secondary N) is 1. The van der Waals surface area contributed by atoms with Gasteiger partial charge in [0, 0.05) is 38.7 Å². The molecule has 8 atom stereocenters. The van der Waals surface area contributed by atoms with Crippen LogP contribution in [0.2, 0.25) is 0 Å². The second-order valence-electron chi connectivity index (χ2n) is 22.4. The van der Waals surface area contributed by atoms with Gasteiger partial charge in [0.05, 0.1) is 24.3 Å². The Balaban J connectivity index is 0.895. The van der Waals surface area contributed by atoms with Gasteiger partial charge in [-0.05, 0) is 127 Å². The van der Waals surface area contributed by atoms with Gasteiger partial charge in [-0.25, -0.2) is 9.59 Å². The number of amides is 1. The Labute approximate surface area is 410 Å². The predicted molar refractivity (Wildman–Crippen MR) is 267 cm³/mol. The number of fused-ring (bicyclic) bond motifs is 5. The van der Waals surface area contributed by atoms with Crippen molar-refractivity contribution in [3.63, 3.8) is 0 Å². The molecule has 1 aliphatic heterocycles. The molecule has 2 N–H and O–H groups in total. The highest BCUT2D eigenvalue weighted by atomic mass is 16.6. The van der Waals surface area contributed by atoms with Gasteiger partial charge in [-0.3, -0.25) is 9.69 Å². The fourth-order valence-electron chi connectivity index (χ4n) is 13.6. The lowest BCUT2D eigenvalue weighted by Crippen LogP contribution is -2.51. The number of aromatic hydroxyl groups is 1. The standard InChI is InChI=1S/C57H79N3O9/c1-9-58-55(64)53-52(39-15-13-38(14-16-39)32-60-25-27-65-28-26-60)54(69-59-53)44-30-43(36(4)5)48(61)31-49(44)68-51(63)34-66-33-50(62)67-41-21-23-56(7)40(29-41)17-18-42-46-20-19-45(37(6)12-10-11-35(2)3)57(46,8)24-22-47(42)56/h13-17,30-31,35-37,41-42,45-47,61H,9-12,18-29,32-34H2,1-8H3,(H,58,64)/t37-,41+,42+,45-,46+,47+,56+,57-/m1/s1. The van der Waals surface area contributed by atoms with Gasteiger partial charge >= 0.3 is 11.9 Å². The van der Waals surface area contributed by atoms with Crippen LogP contribution in [0.3, 0.4) is 0 Å². The minimum absolute atomic E-state index is 0.00730. The fourth-order valence-corrected chi connectivity index (χ4v) is 13.6. The topological polar surface area (TPSA) is 150 Å². The molecule has 376 valence electrons. The average molecular weight is 950 g/mol. The third kappa shape index (κ3) is 11.0. The number of benzene rings is 2. The maximum Gasteiger partial charge on any atom is 0.337 e. The molecule has 12 nitrogen and oxygen atoms in total. The molecule has 8 rings (SSSR count). The summed E-state index contributed by atoms with van der Waals surface area (Å²) in [6, 6.07) is 10.9. The molecule has 0 bridgehead atoms. The van der Waals surface area contributed by atoms with Crippen LogP contribution in [-0.2, 0) is 30.3 Å². The number of hydrogen-bond acceptors (Lipinski definition) is 11. The molecule has 3 saturated carbocycles. The summed E-state index contributed by atoms with van der Waals surface area (Å²) in [5.74, 6) is 2.90. The van der Waals surface area contributed by atoms with Gasteiger partial charge in [0.2, 0.25) is 0 Å². The van der Waals surface area contributed by atoms with Gasteiger partial charge in [0.15, 0.2) is 11.5 Å². The van der Waals surface area contributed by atoms with Crippen molar-refractivity contribution in [3.8, 4) is 33.9 Å². The molecule has 1 saturated heterocycles. The average Bonchev–Trinajstić information content (AvgIpc) is 3.91. The van der Waals surface area contributed by atoms with Gasteiger partial charge < -0.3 is 33.9 Å². The normalized spacial score (nSPS) is 27.3. The van der Waals surface area contributed by atoms with Crippen molar-refractivity contribution in [1.29, 1.82) is 0 Å². The van der Waals surface area contributed by atoms with Crippen LogP contribution >= 0.6 is 0 Å². The molecule has 12 heteroatoms. The van der Waals surface area contributed by atoms with E-state index >= 15 is 0 Å². The zero-order valence-electron chi connectivity index (χ0n) is 42.7. The van der Waals surface area contributed by atoms with E-state index in [0.29, 0.717) is 53.3 Å². The van der Waals surface area contributed by atoms with Crippen molar-refractivity contribution in [3.05, 3.63) is 64.9 Å². The number of morpholine rings is 1. The molecule has 2 heterocycles. The maximum absolute atomic E-state index is 13.5. The molecule has 0 spiro atoms.